The van der Waals surface area contributed by atoms with E-state index in [4.69, 9.17) is 9.40 Å². The van der Waals surface area contributed by atoms with E-state index in [9.17, 15) is 0 Å². The molecule has 104 valence electrons. The summed E-state index contributed by atoms with van der Waals surface area (Å²) < 4.78 is 5.15. The smallest absolute Gasteiger partial charge is 0.127 e. The van der Waals surface area contributed by atoms with Gasteiger partial charge in [0.25, 0.3) is 0 Å². The molecule has 2 aromatic heterocycles. The molecule has 0 fully saturated rings. The number of hydrogen-bond donors (Lipinski definition) is 1. The lowest BCUT2D eigenvalue weighted by Crippen LogP contribution is -2.22. The Labute approximate surface area is 119 Å². The molecule has 0 saturated heterocycles. The van der Waals surface area contributed by atoms with E-state index in [1.54, 1.807) is 23.9 Å². The fraction of sp³-hybridized carbons (Fsp3) is 0.533. The highest BCUT2D eigenvalue weighted by molar-refractivity contribution is 7.15. The third kappa shape index (κ3) is 3.91. The fourth-order valence-corrected chi connectivity index (χ4v) is 2.90. The van der Waals surface area contributed by atoms with Crippen LogP contribution in [-0.4, -0.2) is 11.0 Å². The Morgan fingerprint density at radius 1 is 1.32 bits per heavy atom. The molecule has 0 bridgehead atoms. The van der Waals surface area contributed by atoms with Crippen LogP contribution in [0.2, 0.25) is 0 Å². The van der Waals surface area contributed by atoms with Crippen LogP contribution in [0.4, 0.5) is 0 Å². The molecule has 0 amide bonds. The van der Waals surface area contributed by atoms with Crippen LogP contribution in [0.1, 0.15) is 38.3 Å². The van der Waals surface area contributed by atoms with Crippen LogP contribution >= 0.6 is 11.3 Å². The third-order valence-electron chi connectivity index (χ3n) is 2.82. The number of thiazole rings is 1. The van der Waals surface area contributed by atoms with Crippen LogP contribution in [0.25, 0.3) is 10.6 Å². The van der Waals surface area contributed by atoms with Crippen molar-refractivity contribution in [2.45, 2.75) is 46.7 Å². The molecule has 0 aliphatic carbocycles. The molecule has 2 heterocycles. The van der Waals surface area contributed by atoms with Crippen LogP contribution in [0.5, 0.6) is 0 Å². The molecule has 3 nitrogen and oxygen atoms in total. The Bertz CT molecular complexity index is 500. The van der Waals surface area contributed by atoms with Gasteiger partial charge in [0, 0.05) is 23.0 Å². The largest absolute Gasteiger partial charge is 0.472 e. The molecule has 0 spiro atoms. The highest BCUT2D eigenvalue weighted by Crippen LogP contribution is 2.29. The van der Waals surface area contributed by atoms with Crippen LogP contribution in [-0.2, 0) is 13.0 Å². The van der Waals surface area contributed by atoms with Crippen molar-refractivity contribution in [2.75, 3.05) is 0 Å². The zero-order valence-electron chi connectivity index (χ0n) is 12.1. The van der Waals surface area contributed by atoms with Gasteiger partial charge in [-0.25, -0.2) is 4.98 Å². The molecule has 2 aromatic rings. The summed E-state index contributed by atoms with van der Waals surface area (Å²) >= 11 is 1.77. The van der Waals surface area contributed by atoms with Crippen molar-refractivity contribution in [3.05, 3.63) is 29.2 Å². The van der Waals surface area contributed by atoms with Gasteiger partial charge < -0.3 is 9.73 Å². The van der Waals surface area contributed by atoms with E-state index in [0.29, 0.717) is 12.0 Å². The summed E-state index contributed by atoms with van der Waals surface area (Å²) in [5, 5.41) is 4.54. The van der Waals surface area contributed by atoms with E-state index in [1.807, 2.05) is 6.07 Å². The predicted molar refractivity (Wildman–Crippen MR) is 80.3 cm³/mol. The summed E-state index contributed by atoms with van der Waals surface area (Å²) in [6.07, 6.45) is 4.49. The van der Waals surface area contributed by atoms with Gasteiger partial charge >= 0.3 is 0 Å². The van der Waals surface area contributed by atoms with Gasteiger partial charge in [-0.2, -0.15) is 0 Å². The minimum atomic E-state index is 0.492. The molecule has 0 atom stereocenters. The molecular formula is C15H22N2OS. The normalized spacial score (nSPS) is 11.7. The molecular weight excluding hydrogens is 256 g/mol. The summed E-state index contributed by atoms with van der Waals surface area (Å²) in [6.45, 7) is 9.70. The average molecular weight is 278 g/mol. The van der Waals surface area contributed by atoms with Crippen molar-refractivity contribution >= 4 is 11.3 Å². The third-order valence-corrected chi connectivity index (χ3v) is 3.97. The zero-order valence-corrected chi connectivity index (χ0v) is 12.9. The number of rotatable bonds is 6. The molecule has 0 saturated carbocycles. The predicted octanol–water partition coefficient (Wildman–Crippen LogP) is 4.10. The Hall–Kier alpha value is -1.13. The maximum atomic E-state index is 5.15. The Kier molecular flexibility index (Phi) is 4.77. The van der Waals surface area contributed by atoms with Crippen molar-refractivity contribution in [3.8, 4) is 10.6 Å². The van der Waals surface area contributed by atoms with Gasteiger partial charge in [0.1, 0.15) is 11.3 Å². The summed E-state index contributed by atoms with van der Waals surface area (Å²) in [5.74, 6) is 0.622. The first kappa shape index (κ1) is 14.3. The van der Waals surface area contributed by atoms with Gasteiger partial charge in [0.2, 0.25) is 0 Å². The van der Waals surface area contributed by atoms with E-state index < -0.39 is 0 Å². The zero-order chi connectivity index (χ0) is 13.8. The standard InChI is InChI=1S/C15H22N2OS/c1-10(2)7-13-14(8-16-11(3)4)19-15(17-13)12-5-6-18-9-12/h5-6,9-11,16H,7-8H2,1-4H3. The summed E-state index contributed by atoms with van der Waals surface area (Å²) in [6, 6.07) is 2.46. The van der Waals surface area contributed by atoms with Gasteiger partial charge in [0.15, 0.2) is 0 Å². The van der Waals surface area contributed by atoms with Crippen LogP contribution in [0.3, 0.4) is 0 Å². The quantitative estimate of drug-likeness (QED) is 0.864. The number of nitrogens with zero attached hydrogens (tertiary/aromatic N) is 1. The average Bonchev–Trinajstić information content (AvgIpc) is 2.94. The maximum absolute atomic E-state index is 5.15. The van der Waals surface area contributed by atoms with Crippen molar-refractivity contribution in [3.63, 3.8) is 0 Å². The second-order valence-electron chi connectivity index (χ2n) is 5.53. The molecule has 4 heteroatoms. The van der Waals surface area contributed by atoms with E-state index in [-0.39, 0.29) is 0 Å². The van der Waals surface area contributed by atoms with Gasteiger partial charge in [-0.15, -0.1) is 11.3 Å². The van der Waals surface area contributed by atoms with E-state index in [0.717, 1.165) is 23.5 Å². The van der Waals surface area contributed by atoms with E-state index in [1.165, 1.54) is 10.6 Å². The first-order chi connectivity index (χ1) is 9.06. The number of aromatic nitrogens is 1. The Morgan fingerprint density at radius 3 is 2.68 bits per heavy atom. The fourth-order valence-electron chi connectivity index (χ4n) is 1.87. The Balaban J connectivity index is 2.23. The minimum absolute atomic E-state index is 0.492. The monoisotopic (exact) mass is 278 g/mol. The number of hydrogen-bond acceptors (Lipinski definition) is 4. The second kappa shape index (κ2) is 6.35. The topological polar surface area (TPSA) is 38.1 Å². The molecule has 1 N–H and O–H groups in total. The van der Waals surface area contributed by atoms with Crippen molar-refractivity contribution < 1.29 is 4.42 Å². The number of nitrogens with one attached hydrogen (secondary N) is 1. The molecule has 19 heavy (non-hydrogen) atoms. The van der Waals surface area contributed by atoms with Crippen LogP contribution in [0, 0.1) is 5.92 Å². The van der Waals surface area contributed by atoms with E-state index >= 15 is 0 Å². The molecule has 0 radical (unpaired) electrons. The lowest BCUT2D eigenvalue weighted by molar-refractivity contribution is 0.568. The van der Waals surface area contributed by atoms with Gasteiger partial charge in [0.05, 0.1) is 12.0 Å². The highest BCUT2D eigenvalue weighted by atomic mass is 32.1. The second-order valence-corrected chi connectivity index (χ2v) is 6.62. The van der Waals surface area contributed by atoms with Gasteiger partial charge in [-0.3, -0.25) is 0 Å². The Morgan fingerprint density at radius 2 is 2.11 bits per heavy atom. The molecule has 0 aromatic carbocycles. The van der Waals surface area contributed by atoms with Gasteiger partial charge in [-0.05, 0) is 18.4 Å². The minimum Gasteiger partial charge on any atom is -0.472 e. The van der Waals surface area contributed by atoms with Gasteiger partial charge in [-0.1, -0.05) is 27.7 Å². The SMILES string of the molecule is CC(C)Cc1nc(-c2ccoc2)sc1CNC(C)C. The molecule has 0 aliphatic heterocycles. The highest BCUT2D eigenvalue weighted by Gasteiger charge is 2.14. The first-order valence-electron chi connectivity index (χ1n) is 6.80. The molecule has 0 unspecified atom stereocenters. The first-order valence-corrected chi connectivity index (χ1v) is 7.62. The summed E-state index contributed by atoms with van der Waals surface area (Å²) in [4.78, 5) is 6.14. The summed E-state index contributed by atoms with van der Waals surface area (Å²) in [5.41, 5.74) is 2.30. The van der Waals surface area contributed by atoms with Crippen LogP contribution in [0.15, 0.2) is 23.0 Å². The van der Waals surface area contributed by atoms with Crippen molar-refractivity contribution in [1.82, 2.24) is 10.3 Å². The lowest BCUT2D eigenvalue weighted by atomic mass is 10.1. The number of furan rings is 1. The van der Waals surface area contributed by atoms with Crippen LogP contribution < -0.4 is 5.32 Å². The molecule has 0 aliphatic rings. The van der Waals surface area contributed by atoms with Crippen molar-refractivity contribution in [1.29, 1.82) is 0 Å². The van der Waals surface area contributed by atoms with Crippen molar-refractivity contribution in [2.24, 2.45) is 5.92 Å². The summed E-state index contributed by atoms with van der Waals surface area (Å²) in [7, 11) is 0. The maximum Gasteiger partial charge on any atom is 0.127 e. The van der Waals surface area contributed by atoms with E-state index in [2.05, 4.69) is 33.0 Å². The molecule has 2 rings (SSSR count). The lowest BCUT2D eigenvalue weighted by Gasteiger charge is -2.08.